The van der Waals surface area contributed by atoms with Crippen LogP contribution in [0.1, 0.15) is 11.6 Å². The van der Waals surface area contributed by atoms with Crippen LogP contribution >= 0.6 is 11.3 Å². The maximum Gasteiger partial charge on any atom is 0.304 e. The highest BCUT2D eigenvalue weighted by molar-refractivity contribution is 7.92. The molecular formula is C17H20FN3O5S2. The first-order valence-electron chi connectivity index (χ1n) is 8.55. The van der Waals surface area contributed by atoms with E-state index in [-0.39, 0.29) is 26.8 Å². The summed E-state index contributed by atoms with van der Waals surface area (Å²) in [5, 5.41) is 14.5. The molecule has 0 amide bonds. The van der Waals surface area contributed by atoms with Crippen molar-refractivity contribution in [3.63, 3.8) is 0 Å². The van der Waals surface area contributed by atoms with Gasteiger partial charge in [0.1, 0.15) is 10.0 Å². The van der Waals surface area contributed by atoms with Gasteiger partial charge in [-0.3, -0.25) is 15.0 Å². The minimum Gasteiger partial charge on any atom is -0.379 e. The van der Waals surface area contributed by atoms with Crippen molar-refractivity contribution >= 4 is 31.9 Å². The Morgan fingerprint density at radius 2 is 1.96 bits per heavy atom. The maximum absolute atomic E-state index is 13.3. The molecule has 0 bridgehead atoms. The third-order valence-electron chi connectivity index (χ3n) is 4.45. The summed E-state index contributed by atoms with van der Waals surface area (Å²) in [5.74, 6) is -0.343. The number of rotatable bonds is 7. The van der Waals surface area contributed by atoms with Crippen molar-refractivity contribution in [3.8, 4) is 0 Å². The molecule has 1 aromatic heterocycles. The molecule has 11 heteroatoms. The van der Waals surface area contributed by atoms with Gasteiger partial charge < -0.3 is 10.1 Å². The van der Waals surface area contributed by atoms with Crippen molar-refractivity contribution in [1.29, 1.82) is 0 Å². The van der Waals surface area contributed by atoms with Crippen LogP contribution in [0.4, 0.5) is 15.1 Å². The van der Waals surface area contributed by atoms with E-state index in [9.17, 15) is 22.9 Å². The molecule has 2 aromatic rings. The molecule has 3 rings (SSSR count). The van der Waals surface area contributed by atoms with Crippen molar-refractivity contribution in [2.75, 3.05) is 44.4 Å². The lowest BCUT2D eigenvalue weighted by Gasteiger charge is -2.35. The molecule has 28 heavy (non-hydrogen) atoms. The second kappa shape index (κ2) is 8.52. The second-order valence-electron chi connectivity index (χ2n) is 6.41. The Morgan fingerprint density at radius 1 is 1.32 bits per heavy atom. The molecule has 1 aromatic carbocycles. The van der Waals surface area contributed by atoms with Crippen LogP contribution in [0.15, 0.2) is 34.5 Å². The standard InChI is InChI=1S/C17H20FN3O5S2/c1-28(24,25)16-10-14(21(22)23)17(27-16)19-11-15(20-6-8-26-9-7-20)12-2-4-13(18)5-3-12/h2-5,10,15,19H,6-9,11H2,1H3. The van der Waals surface area contributed by atoms with Gasteiger partial charge in [-0.1, -0.05) is 23.5 Å². The highest BCUT2D eigenvalue weighted by Crippen LogP contribution is 2.37. The number of nitrogens with zero attached hydrogens (tertiary/aromatic N) is 2. The van der Waals surface area contributed by atoms with E-state index in [1.165, 1.54) is 12.1 Å². The van der Waals surface area contributed by atoms with Crippen molar-refractivity contribution in [2.45, 2.75) is 10.3 Å². The van der Waals surface area contributed by atoms with Crippen molar-refractivity contribution in [1.82, 2.24) is 4.90 Å². The van der Waals surface area contributed by atoms with Crippen molar-refractivity contribution in [2.24, 2.45) is 0 Å². The number of nitrogens with one attached hydrogen (secondary N) is 1. The summed E-state index contributed by atoms with van der Waals surface area (Å²) in [6, 6.07) is 7.01. The van der Waals surface area contributed by atoms with Crippen LogP contribution in [-0.2, 0) is 14.6 Å². The monoisotopic (exact) mass is 429 g/mol. The molecule has 1 aliphatic heterocycles. The van der Waals surface area contributed by atoms with E-state index in [1.807, 2.05) is 0 Å². The Bertz CT molecular complexity index is 940. The van der Waals surface area contributed by atoms with E-state index in [0.29, 0.717) is 32.8 Å². The highest BCUT2D eigenvalue weighted by Gasteiger charge is 2.27. The van der Waals surface area contributed by atoms with Gasteiger partial charge in [0.2, 0.25) is 0 Å². The van der Waals surface area contributed by atoms with Crippen LogP contribution in [0.5, 0.6) is 0 Å². The van der Waals surface area contributed by atoms with E-state index in [4.69, 9.17) is 4.74 Å². The number of ether oxygens (including phenoxy) is 1. The van der Waals surface area contributed by atoms with E-state index in [2.05, 4.69) is 10.2 Å². The molecule has 1 aliphatic rings. The van der Waals surface area contributed by atoms with E-state index in [1.54, 1.807) is 12.1 Å². The largest absolute Gasteiger partial charge is 0.379 e. The molecule has 1 saturated heterocycles. The van der Waals surface area contributed by atoms with Gasteiger partial charge in [-0.05, 0) is 17.7 Å². The quantitative estimate of drug-likeness (QED) is 0.533. The number of halogens is 1. The van der Waals surface area contributed by atoms with Gasteiger partial charge in [-0.15, -0.1) is 0 Å². The number of nitro groups is 1. The summed E-state index contributed by atoms with van der Waals surface area (Å²) in [6.07, 6.45) is 1.02. The summed E-state index contributed by atoms with van der Waals surface area (Å²) in [4.78, 5) is 12.9. The fourth-order valence-electron chi connectivity index (χ4n) is 3.03. The predicted molar refractivity (Wildman–Crippen MR) is 104 cm³/mol. The number of sulfone groups is 1. The number of anilines is 1. The zero-order valence-corrected chi connectivity index (χ0v) is 16.8. The highest BCUT2D eigenvalue weighted by atomic mass is 32.2. The molecule has 0 radical (unpaired) electrons. The first-order chi connectivity index (χ1) is 13.3. The Kier molecular flexibility index (Phi) is 6.28. The molecule has 1 unspecified atom stereocenters. The first-order valence-corrected chi connectivity index (χ1v) is 11.3. The van der Waals surface area contributed by atoms with Crippen LogP contribution < -0.4 is 5.32 Å². The molecule has 8 nitrogen and oxygen atoms in total. The summed E-state index contributed by atoms with van der Waals surface area (Å²) in [7, 11) is -3.55. The van der Waals surface area contributed by atoms with E-state index >= 15 is 0 Å². The average molecular weight is 429 g/mol. The molecular weight excluding hydrogens is 409 g/mol. The van der Waals surface area contributed by atoms with Gasteiger partial charge in [0, 0.05) is 32.0 Å². The molecule has 2 heterocycles. The minimum atomic E-state index is -3.55. The molecule has 0 spiro atoms. The van der Waals surface area contributed by atoms with Crippen LogP contribution in [0, 0.1) is 15.9 Å². The fraction of sp³-hybridized carbons (Fsp3) is 0.412. The molecule has 1 fully saturated rings. The number of thiophene rings is 1. The molecule has 152 valence electrons. The van der Waals surface area contributed by atoms with Gasteiger partial charge in [-0.25, -0.2) is 12.8 Å². The number of hydrogen-bond donors (Lipinski definition) is 1. The molecule has 0 saturated carbocycles. The normalized spacial score (nSPS) is 16.6. The topological polar surface area (TPSA) is 102 Å². The molecule has 1 atom stereocenters. The van der Waals surface area contributed by atoms with Crippen LogP contribution in [0.25, 0.3) is 0 Å². The summed E-state index contributed by atoms with van der Waals surface area (Å²) in [5.41, 5.74) is 0.587. The van der Waals surface area contributed by atoms with Gasteiger partial charge in [-0.2, -0.15) is 0 Å². The first kappa shape index (κ1) is 20.6. The number of morpholine rings is 1. The Labute approximate surface area is 166 Å². The maximum atomic E-state index is 13.3. The zero-order chi connectivity index (χ0) is 20.3. The summed E-state index contributed by atoms with van der Waals surface area (Å²) >= 11 is 0.837. The smallest absolute Gasteiger partial charge is 0.304 e. The number of hydrogen-bond acceptors (Lipinski definition) is 8. The minimum absolute atomic E-state index is 0.0635. The van der Waals surface area contributed by atoms with E-state index in [0.717, 1.165) is 29.2 Å². The molecule has 1 N–H and O–H groups in total. The lowest BCUT2D eigenvalue weighted by atomic mass is 10.0. The van der Waals surface area contributed by atoms with Gasteiger partial charge in [0.05, 0.1) is 24.2 Å². The van der Waals surface area contributed by atoms with Crippen LogP contribution in [0.2, 0.25) is 0 Å². The Balaban J connectivity index is 1.86. The average Bonchev–Trinajstić information content (AvgIpc) is 3.09. The fourth-order valence-corrected chi connectivity index (χ4v) is 4.97. The lowest BCUT2D eigenvalue weighted by Crippen LogP contribution is -2.41. The van der Waals surface area contributed by atoms with E-state index < -0.39 is 14.8 Å². The van der Waals surface area contributed by atoms with Gasteiger partial charge in [0.25, 0.3) is 0 Å². The summed E-state index contributed by atoms with van der Waals surface area (Å²) in [6.45, 7) is 2.77. The number of benzene rings is 1. The van der Waals surface area contributed by atoms with Gasteiger partial charge >= 0.3 is 5.69 Å². The Morgan fingerprint density at radius 3 is 2.54 bits per heavy atom. The SMILES string of the molecule is CS(=O)(=O)c1cc([N+](=O)[O-])c(NCC(c2ccc(F)cc2)N2CCOCC2)s1. The zero-order valence-electron chi connectivity index (χ0n) is 15.1. The van der Waals surface area contributed by atoms with Crippen LogP contribution in [-0.4, -0.2) is 57.3 Å². The third kappa shape index (κ3) is 4.85. The van der Waals surface area contributed by atoms with Gasteiger partial charge in [0.15, 0.2) is 14.8 Å². The molecule has 0 aliphatic carbocycles. The second-order valence-corrected chi connectivity index (χ2v) is 9.70. The van der Waals surface area contributed by atoms with Crippen molar-refractivity contribution < 1.29 is 22.5 Å². The predicted octanol–water partition coefficient (Wildman–Crippen LogP) is 2.68. The third-order valence-corrected chi connectivity index (χ3v) is 7.33. The summed E-state index contributed by atoms with van der Waals surface area (Å²) < 4.78 is 42.2. The lowest BCUT2D eigenvalue weighted by molar-refractivity contribution is -0.383. The Hall–Kier alpha value is -2.08. The van der Waals surface area contributed by atoms with Crippen molar-refractivity contribution in [3.05, 3.63) is 51.8 Å². The van der Waals surface area contributed by atoms with Crippen LogP contribution in [0.3, 0.4) is 0 Å².